The van der Waals surface area contributed by atoms with Gasteiger partial charge in [0.25, 0.3) is 0 Å². The van der Waals surface area contributed by atoms with Crippen molar-refractivity contribution < 1.29 is 4.74 Å². The molecule has 0 atom stereocenters. The third-order valence-electron chi connectivity index (χ3n) is 1.32. The minimum absolute atomic E-state index is 0.606. The molecular formula is C6H9BrN2O. The summed E-state index contributed by atoms with van der Waals surface area (Å²) < 4.78 is 7.71. The molecule has 0 bridgehead atoms. The average molecular weight is 205 g/mol. The largest absolute Gasteiger partial charge is 0.378 e. The first kappa shape index (κ1) is 7.75. The van der Waals surface area contributed by atoms with Crippen molar-refractivity contribution >= 4 is 15.9 Å². The minimum Gasteiger partial charge on any atom is -0.378 e. The number of hydrogen-bond donors (Lipinski definition) is 0. The second-order valence-corrected chi connectivity index (χ2v) is 2.72. The Morgan fingerprint density at radius 1 is 1.80 bits per heavy atom. The highest BCUT2D eigenvalue weighted by molar-refractivity contribution is 9.10. The Bertz CT molecular complexity index is 222. The standard InChI is InChI=1S/C6H9BrN2O/c1-9-5(4-10-2)3-8-6(9)7/h3H,4H2,1-2H3. The van der Waals surface area contributed by atoms with Gasteiger partial charge >= 0.3 is 0 Å². The number of halogens is 1. The van der Waals surface area contributed by atoms with Crippen molar-refractivity contribution in [2.75, 3.05) is 7.11 Å². The molecule has 0 unspecified atom stereocenters. The van der Waals surface area contributed by atoms with Crippen LogP contribution in [0, 0.1) is 0 Å². The molecule has 3 nitrogen and oxygen atoms in total. The van der Waals surface area contributed by atoms with Gasteiger partial charge in [-0.1, -0.05) is 0 Å². The van der Waals surface area contributed by atoms with Gasteiger partial charge in [0, 0.05) is 14.2 Å². The zero-order chi connectivity index (χ0) is 7.56. The van der Waals surface area contributed by atoms with Crippen molar-refractivity contribution in [3.05, 3.63) is 16.6 Å². The molecule has 1 aromatic heterocycles. The van der Waals surface area contributed by atoms with Gasteiger partial charge in [0.1, 0.15) is 0 Å². The molecule has 0 saturated carbocycles. The minimum atomic E-state index is 0.606. The molecule has 0 radical (unpaired) electrons. The van der Waals surface area contributed by atoms with Crippen LogP contribution in [0.1, 0.15) is 5.69 Å². The molecule has 0 saturated heterocycles. The van der Waals surface area contributed by atoms with E-state index in [1.54, 1.807) is 13.3 Å². The lowest BCUT2D eigenvalue weighted by Crippen LogP contribution is -1.97. The molecule has 0 aliphatic heterocycles. The number of hydrogen-bond acceptors (Lipinski definition) is 2. The predicted molar refractivity (Wildman–Crippen MR) is 41.6 cm³/mol. The molecular weight excluding hydrogens is 196 g/mol. The van der Waals surface area contributed by atoms with Crippen molar-refractivity contribution in [2.24, 2.45) is 7.05 Å². The molecule has 56 valence electrons. The fourth-order valence-electron chi connectivity index (χ4n) is 0.701. The number of aromatic nitrogens is 2. The van der Waals surface area contributed by atoms with Crippen LogP contribution in [-0.2, 0) is 18.4 Å². The van der Waals surface area contributed by atoms with Crippen molar-refractivity contribution in [3.63, 3.8) is 0 Å². The third-order valence-corrected chi connectivity index (χ3v) is 2.06. The van der Waals surface area contributed by atoms with Gasteiger partial charge in [-0.15, -0.1) is 0 Å². The third kappa shape index (κ3) is 1.38. The lowest BCUT2D eigenvalue weighted by Gasteiger charge is -1.99. The second kappa shape index (κ2) is 3.16. The lowest BCUT2D eigenvalue weighted by atomic mass is 10.5. The molecule has 0 aliphatic rings. The van der Waals surface area contributed by atoms with Crippen molar-refractivity contribution in [1.29, 1.82) is 0 Å². The topological polar surface area (TPSA) is 27.1 Å². The maximum Gasteiger partial charge on any atom is 0.177 e. The number of imidazole rings is 1. The Morgan fingerprint density at radius 3 is 2.90 bits per heavy atom. The number of nitrogens with zero attached hydrogens (tertiary/aromatic N) is 2. The first-order valence-corrected chi connectivity index (χ1v) is 3.70. The van der Waals surface area contributed by atoms with Gasteiger partial charge in [-0.25, -0.2) is 4.98 Å². The van der Waals surface area contributed by atoms with E-state index < -0.39 is 0 Å². The van der Waals surface area contributed by atoms with Crippen LogP contribution in [0.25, 0.3) is 0 Å². The van der Waals surface area contributed by atoms with Gasteiger partial charge in [-0.2, -0.15) is 0 Å². The normalized spacial score (nSPS) is 10.3. The maximum absolute atomic E-state index is 4.94. The number of ether oxygens (including phenoxy) is 1. The molecule has 0 N–H and O–H groups in total. The van der Waals surface area contributed by atoms with Crippen LogP contribution in [0.5, 0.6) is 0 Å². The van der Waals surface area contributed by atoms with E-state index in [9.17, 15) is 0 Å². The molecule has 10 heavy (non-hydrogen) atoms. The molecule has 1 heterocycles. The molecule has 0 aromatic carbocycles. The summed E-state index contributed by atoms with van der Waals surface area (Å²) in [6.07, 6.45) is 1.79. The van der Waals surface area contributed by atoms with Gasteiger partial charge in [0.2, 0.25) is 0 Å². The summed E-state index contributed by atoms with van der Waals surface area (Å²) in [5, 5.41) is 0. The zero-order valence-electron chi connectivity index (χ0n) is 5.97. The quantitative estimate of drug-likeness (QED) is 0.728. The summed E-state index contributed by atoms with van der Waals surface area (Å²) in [5.41, 5.74) is 1.06. The fourth-order valence-corrected chi connectivity index (χ4v) is 1.03. The first-order valence-electron chi connectivity index (χ1n) is 2.90. The van der Waals surface area contributed by atoms with E-state index >= 15 is 0 Å². The molecule has 0 amide bonds. The van der Waals surface area contributed by atoms with Crippen molar-refractivity contribution in [2.45, 2.75) is 6.61 Å². The van der Waals surface area contributed by atoms with Crippen molar-refractivity contribution in [1.82, 2.24) is 9.55 Å². The molecule has 1 rings (SSSR count). The van der Waals surface area contributed by atoms with E-state index in [-0.39, 0.29) is 0 Å². The van der Waals surface area contributed by atoms with Crippen LogP contribution in [0.2, 0.25) is 0 Å². The van der Waals surface area contributed by atoms with Gasteiger partial charge in [0.15, 0.2) is 4.73 Å². The van der Waals surface area contributed by atoms with E-state index in [1.165, 1.54) is 0 Å². The van der Waals surface area contributed by atoms with Crippen LogP contribution < -0.4 is 0 Å². The Morgan fingerprint density at radius 2 is 2.50 bits per heavy atom. The van der Waals surface area contributed by atoms with Gasteiger partial charge in [-0.05, 0) is 15.9 Å². The average Bonchev–Trinajstić information content (AvgIpc) is 2.20. The summed E-state index contributed by atoms with van der Waals surface area (Å²) in [4.78, 5) is 4.03. The molecule has 1 aromatic rings. The van der Waals surface area contributed by atoms with E-state index in [1.807, 2.05) is 11.6 Å². The van der Waals surface area contributed by atoms with Crippen LogP contribution in [0.3, 0.4) is 0 Å². The van der Waals surface area contributed by atoms with Gasteiger partial charge < -0.3 is 9.30 Å². The number of rotatable bonds is 2. The van der Waals surface area contributed by atoms with E-state index in [0.29, 0.717) is 6.61 Å². The van der Waals surface area contributed by atoms with Crippen LogP contribution in [0.15, 0.2) is 10.9 Å². The molecule has 0 aliphatic carbocycles. The fraction of sp³-hybridized carbons (Fsp3) is 0.500. The van der Waals surface area contributed by atoms with Crippen LogP contribution in [0.4, 0.5) is 0 Å². The zero-order valence-corrected chi connectivity index (χ0v) is 7.55. The molecule has 0 spiro atoms. The van der Waals surface area contributed by atoms with Crippen molar-refractivity contribution in [3.8, 4) is 0 Å². The molecule has 4 heteroatoms. The predicted octanol–water partition coefficient (Wildman–Crippen LogP) is 1.33. The summed E-state index contributed by atoms with van der Waals surface area (Å²) in [5.74, 6) is 0. The highest BCUT2D eigenvalue weighted by Crippen LogP contribution is 2.09. The molecule has 0 fully saturated rings. The first-order chi connectivity index (χ1) is 4.75. The Kier molecular flexibility index (Phi) is 2.45. The Balaban J connectivity index is 2.83. The second-order valence-electron chi connectivity index (χ2n) is 2.01. The SMILES string of the molecule is COCc1cnc(Br)n1C. The highest BCUT2D eigenvalue weighted by atomic mass is 79.9. The summed E-state index contributed by atoms with van der Waals surface area (Å²) in [7, 11) is 3.60. The van der Waals surface area contributed by atoms with Gasteiger partial charge in [-0.3, -0.25) is 0 Å². The highest BCUT2D eigenvalue weighted by Gasteiger charge is 2.00. The maximum atomic E-state index is 4.94. The van der Waals surface area contributed by atoms with Crippen LogP contribution >= 0.6 is 15.9 Å². The smallest absolute Gasteiger partial charge is 0.177 e. The van der Waals surface area contributed by atoms with E-state index in [4.69, 9.17) is 4.74 Å². The Hall–Kier alpha value is -0.350. The number of methoxy groups -OCH3 is 1. The van der Waals surface area contributed by atoms with Gasteiger partial charge in [0.05, 0.1) is 18.5 Å². The summed E-state index contributed by atoms with van der Waals surface area (Å²) >= 11 is 3.28. The van der Waals surface area contributed by atoms with Crippen LogP contribution in [-0.4, -0.2) is 16.7 Å². The van der Waals surface area contributed by atoms with E-state index in [0.717, 1.165) is 10.4 Å². The van der Waals surface area contributed by atoms with E-state index in [2.05, 4.69) is 20.9 Å². The Labute approximate surface area is 68.1 Å². The monoisotopic (exact) mass is 204 g/mol. The summed E-state index contributed by atoms with van der Waals surface area (Å²) in [6.45, 7) is 0.606. The summed E-state index contributed by atoms with van der Waals surface area (Å²) in [6, 6.07) is 0. The lowest BCUT2D eigenvalue weighted by molar-refractivity contribution is 0.179.